The van der Waals surface area contributed by atoms with E-state index >= 15 is 0 Å². The zero-order valence-corrected chi connectivity index (χ0v) is 13.0. The molecule has 0 unspecified atom stereocenters. The molecule has 1 aromatic heterocycles. The number of carboxylic acid groups (broad SMARTS) is 1. The van der Waals surface area contributed by atoms with Crippen molar-refractivity contribution in [1.82, 2.24) is 14.7 Å². The van der Waals surface area contributed by atoms with Crippen LogP contribution in [0.1, 0.15) is 58.7 Å². The lowest BCUT2D eigenvalue weighted by atomic mass is 10.2. The molecule has 0 aliphatic carbocycles. The van der Waals surface area contributed by atoms with Gasteiger partial charge in [-0.05, 0) is 32.8 Å². The minimum atomic E-state index is -0.752. The fourth-order valence-corrected chi connectivity index (χ4v) is 2.30. The van der Waals surface area contributed by atoms with Crippen LogP contribution < -0.4 is 0 Å². The van der Waals surface area contributed by atoms with E-state index in [1.807, 2.05) is 16.9 Å². The highest BCUT2D eigenvalue weighted by Crippen LogP contribution is 2.15. The van der Waals surface area contributed by atoms with Gasteiger partial charge in [-0.2, -0.15) is 5.10 Å². The summed E-state index contributed by atoms with van der Waals surface area (Å²) in [6.07, 6.45) is 4.35. The van der Waals surface area contributed by atoms with Gasteiger partial charge in [0.05, 0.1) is 18.2 Å². The van der Waals surface area contributed by atoms with Crippen LogP contribution in [0.4, 0.5) is 0 Å². The highest BCUT2D eigenvalue weighted by atomic mass is 16.4. The third-order valence-corrected chi connectivity index (χ3v) is 3.69. The number of aromatic nitrogens is 2. The average Bonchev–Trinajstić information content (AvgIpc) is 2.84. The van der Waals surface area contributed by atoms with Gasteiger partial charge in [-0.3, -0.25) is 14.4 Å². The van der Waals surface area contributed by atoms with Crippen molar-refractivity contribution in [1.29, 1.82) is 0 Å². The van der Waals surface area contributed by atoms with Crippen molar-refractivity contribution in [3.63, 3.8) is 0 Å². The fourth-order valence-electron chi connectivity index (χ4n) is 2.30. The molecular formula is C15H27N3O2. The van der Waals surface area contributed by atoms with Crippen molar-refractivity contribution in [3.05, 3.63) is 18.0 Å². The molecule has 20 heavy (non-hydrogen) atoms. The average molecular weight is 281 g/mol. The molecule has 0 saturated heterocycles. The predicted octanol–water partition coefficient (Wildman–Crippen LogP) is 2.93. The Labute approximate surface area is 121 Å². The third-order valence-electron chi connectivity index (χ3n) is 3.69. The van der Waals surface area contributed by atoms with Crippen molar-refractivity contribution in [3.8, 4) is 0 Å². The largest absolute Gasteiger partial charge is 0.481 e. The van der Waals surface area contributed by atoms with Gasteiger partial charge in [0.15, 0.2) is 0 Å². The summed E-state index contributed by atoms with van der Waals surface area (Å²) in [5.41, 5.74) is 1.01. The van der Waals surface area contributed by atoms with Gasteiger partial charge in [0.1, 0.15) is 0 Å². The van der Waals surface area contributed by atoms with Gasteiger partial charge in [-0.25, -0.2) is 0 Å². The Morgan fingerprint density at radius 3 is 2.55 bits per heavy atom. The monoisotopic (exact) mass is 281 g/mol. The molecule has 5 heteroatoms. The molecule has 1 rings (SSSR count). The maximum Gasteiger partial charge on any atom is 0.304 e. The van der Waals surface area contributed by atoms with Crippen LogP contribution in [0.25, 0.3) is 0 Å². The maximum absolute atomic E-state index is 10.7. The molecule has 114 valence electrons. The number of hydrogen-bond donors (Lipinski definition) is 1. The molecule has 1 heterocycles. The van der Waals surface area contributed by atoms with Gasteiger partial charge >= 0.3 is 5.97 Å². The van der Waals surface area contributed by atoms with Crippen LogP contribution in [-0.2, 0) is 11.3 Å². The highest BCUT2D eigenvalue weighted by molar-refractivity contribution is 5.66. The van der Waals surface area contributed by atoms with Crippen molar-refractivity contribution < 1.29 is 9.90 Å². The Bertz CT molecular complexity index is 411. The van der Waals surface area contributed by atoms with Gasteiger partial charge in [-0.15, -0.1) is 0 Å². The molecule has 0 radical (unpaired) electrons. The molecule has 0 fully saturated rings. The second-order valence-electron chi connectivity index (χ2n) is 5.47. The van der Waals surface area contributed by atoms with E-state index in [1.165, 1.54) is 0 Å². The number of carbonyl (C=O) groups is 1. The van der Waals surface area contributed by atoms with Crippen LogP contribution in [0.2, 0.25) is 0 Å². The number of hydrogen-bond acceptors (Lipinski definition) is 3. The highest BCUT2D eigenvalue weighted by Gasteiger charge is 2.14. The number of aliphatic carboxylic acids is 1. The van der Waals surface area contributed by atoms with Gasteiger partial charge in [0.25, 0.3) is 0 Å². The number of rotatable bonds is 9. The standard InChI is InChI=1S/C15H27N3O2/c1-5-14(6-2)18-10-7-13(16-18)11-17(12(3)4)9-8-15(19)20/h7,10,12,14H,5-6,8-9,11H2,1-4H3,(H,19,20). The summed E-state index contributed by atoms with van der Waals surface area (Å²) >= 11 is 0. The van der Waals surface area contributed by atoms with Gasteiger partial charge in [0, 0.05) is 25.3 Å². The van der Waals surface area contributed by atoms with E-state index in [1.54, 1.807) is 0 Å². The molecule has 5 nitrogen and oxygen atoms in total. The zero-order valence-electron chi connectivity index (χ0n) is 13.0. The Morgan fingerprint density at radius 2 is 2.05 bits per heavy atom. The van der Waals surface area contributed by atoms with Gasteiger partial charge in [-0.1, -0.05) is 13.8 Å². The third kappa shape index (κ3) is 4.96. The van der Waals surface area contributed by atoms with E-state index in [4.69, 9.17) is 5.11 Å². The summed E-state index contributed by atoms with van der Waals surface area (Å²) in [5.74, 6) is -0.752. The minimum absolute atomic E-state index is 0.172. The Morgan fingerprint density at radius 1 is 1.40 bits per heavy atom. The van der Waals surface area contributed by atoms with Crippen LogP contribution >= 0.6 is 0 Å². The molecule has 0 bridgehead atoms. The molecule has 0 aliphatic rings. The summed E-state index contributed by atoms with van der Waals surface area (Å²) < 4.78 is 2.03. The van der Waals surface area contributed by atoms with Crippen molar-refractivity contribution in [2.24, 2.45) is 0 Å². The predicted molar refractivity (Wildman–Crippen MR) is 79.6 cm³/mol. The van der Waals surface area contributed by atoms with Crippen molar-refractivity contribution in [2.75, 3.05) is 6.54 Å². The molecular weight excluding hydrogens is 254 g/mol. The minimum Gasteiger partial charge on any atom is -0.481 e. The second-order valence-corrected chi connectivity index (χ2v) is 5.47. The summed E-state index contributed by atoms with van der Waals surface area (Å²) in [5, 5.41) is 13.4. The lowest BCUT2D eigenvalue weighted by molar-refractivity contribution is -0.137. The SMILES string of the molecule is CCC(CC)n1ccc(CN(CCC(=O)O)C(C)C)n1. The van der Waals surface area contributed by atoms with Crippen LogP contribution in [0.5, 0.6) is 0 Å². The van der Waals surface area contributed by atoms with E-state index < -0.39 is 5.97 Å². The van der Waals surface area contributed by atoms with Crippen molar-refractivity contribution in [2.45, 2.75) is 65.6 Å². The molecule has 0 saturated carbocycles. The first-order chi connectivity index (χ1) is 9.47. The Balaban J connectivity index is 2.66. The van der Waals surface area contributed by atoms with Crippen LogP contribution in [0, 0.1) is 0 Å². The molecule has 1 N–H and O–H groups in total. The Kier molecular flexibility index (Phi) is 6.71. The summed E-state index contributed by atoms with van der Waals surface area (Å²) in [7, 11) is 0. The van der Waals surface area contributed by atoms with E-state index in [9.17, 15) is 4.79 Å². The van der Waals surface area contributed by atoms with E-state index in [-0.39, 0.29) is 6.42 Å². The Hall–Kier alpha value is -1.36. The normalized spacial score (nSPS) is 11.8. The fraction of sp³-hybridized carbons (Fsp3) is 0.733. The molecule has 1 aromatic rings. The summed E-state index contributed by atoms with van der Waals surface area (Å²) in [6.45, 7) is 9.77. The summed E-state index contributed by atoms with van der Waals surface area (Å²) in [4.78, 5) is 12.9. The smallest absolute Gasteiger partial charge is 0.304 e. The first-order valence-corrected chi connectivity index (χ1v) is 7.47. The lowest BCUT2D eigenvalue weighted by Gasteiger charge is -2.24. The van der Waals surface area contributed by atoms with Crippen LogP contribution in [-0.4, -0.2) is 38.3 Å². The molecule has 0 atom stereocenters. The molecule has 0 amide bonds. The van der Waals surface area contributed by atoms with E-state index in [2.05, 4.69) is 37.7 Å². The zero-order chi connectivity index (χ0) is 15.1. The number of nitrogens with zero attached hydrogens (tertiary/aromatic N) is 3. The second kappa shape index (κ2) is 8.04. The summed E-state index contributed by atoms with van der Waals surface area (Å²) in [6, 6.07) is 2.80. The topological polar surface area (TPSA) is 58.4 Å². The van der Waals surface area contributed by atoms with E-state index in [0.29, 0.717) is 25.2 Å². The van der Waals surface area contributed by atoms with E-state index in [0.717, 1.165) is 18.5 Å². The molecule has 0 aromatic carbocycles. The lowest BCUT2D eigenvalue weighted by Crippen LogP contribution is -2.32. The first kappa shape index (κ1) is 16.7. The van der Waals surface area contributed by atoms with Crippen molar-refractivity contribution >= 4 is 5.97 Å². The van der Waals surface area contributed by atoms with Crippen LogP contribution in [0.3, 0.4) is 0 Å². The molecule has 0 spiro atoms. The first-order valence-electron chi connectivity index (χ1n) is 7.47. The molecule has 0 aliphatic heterocycles. The number of carboxylic acids is 1. The van der Waals surface area contributed by atoms with Gasteiger partial charge < -0.3 is 5.11 Å². The van der Waals surface area contributed by atoms with Gasteiger partial charge in [0.2, 0.25) is 0 Å². The maximum atomic E-state index is 10.7. The quantitative estimate of drug-likeness (QED) is 0.756. The van der Waals surface area contributed by atoms with Crippen LogP contribution in [0.15, 0.2) is 12.3 Å².